The molecule has 4 heterocycles. The Morgan fingerprint density at radius 3 is 2.79 bits per heavy atom. The molecule has 3 aromatic rings. The van der Waals surface area contributed by atoms with E-state index >= 15 is 0 Å². The van der Waals surface area contributed by atoms with Gasteiger partial charge in [0.2, 0.25) is 0 Å². The van der Waals surface area contributed by atoms with Crippen molar-refractivity contribution in [1.82, 2.24) is 19.6 Å². The predicted molar refractivity (Wildman–Crippen MR) is 122 cm³/mol. The Kier molecular flexibility index (Phi) is 5.95. The van der Waals surface area contributed by atoms with Crippen LogP contribution in [0.25, 0.3) is 16.9 Å². The van der Waals surface area contributed by atoms with Gasteiger partial charge in [0.15, 0.2) is 6.61 Å². The number of carbonyl (C=O) groups is 1. The Balaban J connectivity index is 1.64. The number of halogens is 3. The van der Waals surface area contributed by atoms with E-state index in [1.54, 1.807) is 15.4 Å². The number of likely N-dealkylation sites (N-methyl/N-ethyl adjacent to an activating group) is 1. The van der Waals surface area contributed by atoms with Gasteiger partial charge in [0, 0.05) is 37.9 Å². The van der Waals surface area contributed by atoms with Gasteiger partial charge in [-0.2, -0.15) is 13.2 Å². The first kappa shape index (κ1) is 22.7. The van der Waals surface area contributed by atoms with Crippen molar-refractivity contribution < 1.29 is 22.7 Å². The van der Waals surface area contributed by atoms with Crippen LogP contribution in [-0.2, 0) is 17.5 Å². The van der Waals surface area contributed by atoms with Crippen molar-refractivity contribution in [3.8, 4) is 17.0 Å². The third-order valence-corrected chi connectivity index (χ3v) is 6.34. The van der Waals surface area contributed by atoms with Crippen LogP contribution in [0.15, 0.2) is 36.5 Å². The van der Waals surface area contributed by atoms with Gasteiger partial charge in [-0.1, -0.05) is 0 Å². The number of amides is 1. The van der Waals surface area contributed by atoms with E-state index in [0.717, 1.165) is 50.4 Å². The predicted octanol–water partition coefficient (Wildman–Crippen LogP) is 3.56. The van der Waals surface area contributed by atoms with E-state index in [1.165, 1.54) is 6.07 Å². The smallest absolute Gasteiger partial charge is 0.417 e. The van der Waals surface area contributed by atoms with Gasteiger partial charge >= 0.3 is 6.18 Å². The van der Waals surface area contributed by atoms with E-state index in [0.29, 0.717) is 41.6 Å². The number of aromatic nitrogens is 2. The van der Waals surface area contributed by atoms with Gasteiger partial charge in [0.1, 0.15) is 11.4 Å². The van der Waals surface area contributed by atoms with Gasteiger partial charge in [-0.3, -0.25) is 9.69 Å². The molecule has 1 aromatic carbocycles. The molecular formula is C24H26F3N5O2. The Morgan fingerprint density at radius 1 is 1.15 bits per heavy atom. The fourth-order valence-electron chi connectivity index (χ4n) is 4.61. The highest BCUT2D eigenvalue weighted by Crippen LogP contribution is 2.38. The summed E-state index contributed by atoms with van der Waals surface area (Å²) >= 11 is 0. The summed E-state index contributed by atoms with van der Waals surface area (Å²) in [6.45, 7) is 6.21. The topological polar surface area (TPSA) is 62.1 Å². The van der Waals surface area contributed by atoms with E-state index in [4.69, 9.17) is 9.72 Å². The van der Waals surface area contributed by atoms with Crippen LogP contribution in [0.3, 0.4) is 0 Å². The number of carbonyl (C=O) groups excluding carboxylic acids is 1. The lowest BCUT2D eigenvalue weighted by Crippen LogP contribution is -2.38. The molecule has 180 valence electrons. The molecule has 1 N–H and O–H groups in total. The van der Waals surface area contributed by atoms with Crippen LogP contribution >= 0.6 is 0 Å². The van der Waals surface area contributed by atoms with Crippen LogP contribution in [-0.4, -0.2) is 59.5 Å². The maximum atomic E-state index is 13.5. The Bertz CT molecular complexity index is 1220. The van der Waals surface area contributed by atoms with Gasteiger partial charge in [-0.05, 0) is 56.8 Å². The molecule has 1 amide bonds. The summed E-state index contributed by atoms with van der Waals surface area (Å²) in [5.74, 6) is 0.475. The summed E-state index contributed by atoms with van der Waals surface area (Å²) in [6, 6.07) is 7.95. The lowest BCUT2D eigenvalue weighted by atomic mass is 10.1. The summed E-state index contributed by atoms with van der Waals surface area (Å²) in [7, 11) is 0. The first-order valence-corrected chi connectivity index (χ1v) is 11.4. The SMILES string of the molecule is CCN1C(=O)COc2ccc(-c3nc4ccc(C(F)(F)F)cn4c3CN3CCCNCC3)cc21. The van der Waals surface area contributed by atoms with E-state index < -0.39 is 11.7 Å². The van der Waals surface area contributed by atoms with Crippen molar-refractivity contribution in [3.63, 3.8) is 0 Å². The van der Waals surface area contributed by atoms with Gasteiger partial charge in [-0.15, -0.1) is 0 Å². The van der Waals surface area contributed by atoms with Crippen molar-refractivity contribution in [2.75, 3.05) is 44.2 Å². The number of ether oxygens (including phenoxy) is 1. The molecule has 0 atom stereocenters. The summed E-state index contributed by atoms with van der Waals surface area (Å²) < 4.78 is 47.6. The molecule has 0 spiro atoms. The van der Waals surface area contributed by atoms with Gasteiger partial charge < -0.3 is 19.4 Å². The molecular weight excluding hydrogens is 447 g/mol. The zero-order valence-electron chi connectivity index (χ0n) is 18.9. The fraction of sp³-hybridized carbons (Fsp3) is 0.417. The van der Waals surface area contributed by atoms with Crippen LogP contribution in [0.1, 0.15) is 24.6 Å². The minimum absolute atomic E-state index is 0.0109. The average molecular weight is 473 g/mol. The van der Waals surface area contributed by atoms with E-state index in [1.807, 2.05) is 19.1 Å². The molecule has 2 aromatic heterocycles. The second kappa shape index (κ2) is 8.92. The molecule has 0 bridgehead atoms. The maximum absolute atomic E-state index is 13.5. The molecule has 2 aliphatic heterocycles. The summed E-state index contributed by atoms with van der Waals surface area (Å²) in [6.07, 6.45) is -2.36. The third kappa shape index (κ3) is 4.23. The molecule has 0 radical (unpaired) electrons. The lowest BCUT2D eigenvalue weighted by molar-refractivity contribution is -0.137. The van der Waals surface area contributed by atoms with Crippen LogP contribution in [0.2, 0.25) is 0 Å². The lowest BCUT2D eigenvalue weighted by Gasteiger charge is -2.28. The van der Waals surface area contributed by atoms with Gasteiger partial charge in [0.25, 0.3) is 5.91 Å². The zero-order chi connectivity index (χ0) is 23.9. The molecule has 5 rings (SSSR count). The number of anilines is 1. The molecule has 7 nitrogen and oxygen atoms in total. The van der Waals surface area contributed by atoms with Crippen molar-refractivity contribution >= 4 is 17.2 Å². The van der Waals surface area contributed by atoms with E-state index in [-0.39, 0.29) is 12.5 Å². The zero-order valence-corrected chi connectivity index (χ0v) is 18.9. The second-order valence-corrected chi connectivity index (χ2v) is 8.54. The minimum atomic E-state index is -4.45. The minimum Gasteiger partial charge on any atom is -0.482 e. The highest BCUT2D eigenvalue weighted by Gasteiger charge is 2.32. The average Bonchev–Trinajstić information content (AvgIpc) is 2.97. The molecule has 1 fully saturated rings. The number of alkyl halides is 3. The normalized spacial score (nSPS) is 17.5. The first-order chi connectivity index (χ1) is 16.3. The summed E-state index contributed by atoms with van der Waals surface area (Å²) in [5.41, 5.74) is 2.40. The standard InChI is InChI=1S/C24H26F3N5O2/c1-2-31-18-12-16(4-6-20(18)34-15-22(31)33)23-19(14-30-10-3-8-28-9-11-30)32-13-17(24(25,26)27)5-7-21(32)29-23/h4-7,12-13,28H,2-3,8-11,14-15H2,1H3. The number of rotatable bonds is 4. The Morgan fingerprint density at radius 2 is 2.00 bits per heavy atom. The number of hydrogen-bond donors (Lipinski definition) is 1. The van der Waals surface area contributed by atoms with Crippen molar-refractivity contribution in [2.45, 2.75) is 26.1 Å². The Labute approximate surface area is 195 Å². The van der Waals surface area contributed by atoms with Gasteiger partial charge in [-0.25, -0.2) is 4.98 Å². The third-order valence-electron chi connectivity index (χ3n) is 6.34. The van der Waals surface area contributed by atoms with Crippen LogP contribution in [0.4, 0.5) is 18.9 Å². The van der Waals surface area contributed by atoms with Crippen molar-refractivity contribution in [2.24, 2.45) is 0 Å². The van der Waals surface area contributed by atoms with E-state index in [2.05, 4.69) is 10.2 Å². The van der Waals surface area contributed by atoms with Crippen molar-refractivity contribution in [3.05, 3.63) is 47.8 Å². The molecule has 2 aliphatic rings. The molecule has 0 saturated carbocycles. The summed E-state index contributed by atoms with van der Waals surface area (Å²) in [5, 5.41) is 3.35. The van der Waals surface area contributed by atoms with Crippen LogP contribution in [0, 0.1) is 0 Å². The number of nitrogens with zero attached hydrogens (tertiary/aromatic N) is 4. The monoisotopic (exact) mass is 473 g/mol. The number of hydrogen-bond acceptors (Lipinski definition) is 5. The number of benzene rings is 1. The molecule has 0 aliphatic carbocycles. The maximum Gasteiger partial charge on any atom is 0.417 e. The quantitative estimate of drug-likeness (QED) is 0.628. The largest absolute Gasteiger partial charge is 0.482 e. The molecule has 34 heavy (non-hydrogen) atoms. The molecule has 1 saturated heterocycles. The van der Waals surface area contributed by atoms with Crippen molar-refractivity contribution in [1.29, 1.82) is 0 Å². The number of fused-ring (bicyclic) bond motifs is 2. The van der Waals surface area contributed by atoms with E-state index in [9.17, 15) is 18.0 Å². The van der Waals surface area contributed by atoms with Gasteiger partial charge in [0.05, 0.1) is 22.6 Å². The highest BCUT2D eigenvalue weighted by molar-refractivity contribution is 5.98. The second-order valence-electron chi connectivity index (χ2n) is 8.54. The number of imidazole rings is 1. The fourth-order valence-corrected chi connectivity index (χ4v) is 4.61. The van der Waals surface area contributed by atoms with Crippen LogP contribution in [0.5, 0.6) is 5.75 Å². The molecule has 0 unspecified atom stereocenters. The number of nitrogens with one attached hydrogen (secondary N) is 1. The summed E-state index contributed by atoms with van der Waals surface area (Å²) in [4.78, 5) is 20.9. The highest BCUT2D eigenvalue weighted by atomic mass is 19.4. The number of pyridine rings is 1. The van der Waals surface area contributed by atoms with Crippen LogP contribution < -0.4 is 15.0 Å². The molecule has 10 heteroatoms. The first-order valence-electron chi connectivity index (χ1n) is 11.4. The Hall–Kier alpha value is -3.11.